The average molecular weight is 551 g/mol. The first-order valence-corrected chi connectivity index (χ1v) is 13.0. The summed E-state index contributed by atoms with van der Waals surface area (Å²) in [6, 6.07) is 23.5. The van der Waals surface area contributed by atoms with Gasteiger partial charge in [-0.05, 0) is 58.7 Å². The molecule has 0 unspecified atom stereocenters. The molecule has 0 saturated carbocycles. The minimum Gasteiger partial charge on any atom is -0.346 e. The lowest BCUT2D eigenvalue weighted by Crippen LogP contribution is -2.73. The first-order valence-electron chi connectivity index (χ1n) is 11.9. The molecule has 4 rings (SSSR count). The molecule has 0 fully saturated rings. The number of amides is 2. The second-order valence-electron chi connectivity index (χ2n) is 8.75. The molecule has 2 amide bonds. The van der Waals surface area contributed by atoms with Crippen LogP contribution in [0.2, 0.25) is 0 Å². The molecule has 0 aromatic heterocycles. The molecule has 0 aliphatic heterocycles. The molecule has 0 saturated heterocycles. The number of hydrogen-bond donors (Lipinski definition) is 2. The van der Waals surface area contributed by atoms with E-state index in [0.29, 0.717) is 22.9 Å². The Morgan fingerprint density at radius 3 is 1.63 bits per heavy atom. The van der Waals surface area contributed by atoms with Gasteiger partial charge < -0.3 is 20.1 Å². The minimum atomic E-state index is -1.61. The van der Waals surface area contributed by atoms with Crippen LogP contribution < -0.4 is 10.6 Å². The van der Waals surface area contributed by atoms with Crippen LogP contribution >= 0.6 is 23.2 Å². The zero-order valence-electron chi connectivity index (χ0n) is 21.0. The maximum absolute atomic E-state index is 13.5. The number of allylic oxidation sites excluding steroid dienone is 2. The lowest BCUT2D eigenvalue weighted by molar-refractivity contribution is -0.212. The first kappa shape index (κ1) is 27.6. The fourth-order valence-electron chi connectivity index (χ4n) is 4.31. The molecule has 1 aliphatic rings. The second kappa shape index (κ2) is 12.0. The Morgan fingerprint density at radius 2 is 1.21 bits per heavy atom. The van der Waals surface area contributed by atoms with E-state index in [-0.39, 0.29) is 0 Å². The molecule has 3 aromatic rings. The van der Waals surface area contributed by atoms with E-state index in [1.54, 1.807) is 60.7 Å². The van der Waals surface area contributed by atoms with Crippen LogP contribution in [-0.4, -0.2) is 37.5 Å². The van der Waals surface area contributed by atoms with Crippen LogP contribution in [0, 0.1) is 0 Å². The van der Waals surface area contributed by atoms with E-state index in [9.17, 15) is 9.59 Å². The van der Waals surface area contributed by atoms with Crippen molar-refractivity contribution in [1.29, 1.82) is 0 Å². The lowest BCUT2D eigenvalue weighted by Gasteiger charge is -2.47. The third-order valence-electron chi connectivity index (χ3n) is 6.48. The molecule has 8 heteroatoms. The van der Waals surface area contributed by atoms with Gasteiger partial charge in [-0.3, -0.25) is 9.59 Å². The van der Waals surface area contributed by atoms with Crippen molar-refractivity contribution in [2.45, 2.75) is 23.2 Å². The highest BCUT2D eigenvalue weighted by Gasteiger charge is 2.54. The van der Waals surface area contributed by atoms with Crippen LogP contribution in [-0.2, 0) is 21.2 Å². The summed E-state index contributed by atoms with van der Waals surface area (Å²) in [5.41, 5.74) is 2.62. The van der Waals surface area contributed by atoms with Crippen LogP contribution in [0.25, 0.3) is 5.57 Å². The summed E-state index contributed by atoms with van der Waals surface area (Å²) in [7, 11) is 2.92. The smallest absolute Gasteiger partial charge is 0.253 e. The van der Waals surface area contributed by atoms with E-state index in [0.717, 1.165) is 22.3 Å². The van der Waals surface area contributed by atoms with E-state index in [1.807, 2.05) is 36.4 Å². The van der Waals surface area contributed by atoms with Gasteiger partial charge in [0.05, 0.1) is 0 Å². The molecular weight excluding hydrogens is 523 g/mol. The van der Waals surface area contributed by atoms with Crippen molar-refractivity contribution in [3.63, 3.8) is 0 Å². The molecule has 0 heterocycles. The Labute approximate surface area is 232 Å². The molecule has 0 atom stereocenters. The van der Waals surface area contributed by atoms with Crippen LogP contribution in [0.3, 0.4) is 0 Å². The van der Waals surface area contributed by atoms with Crippen LogP contribution in [0.1, 0.15) is 37.4 Å². The van der Waals surface area contributed by atoms with Gasteiger partial charge in [-0.1, -0.05) is 60.7 Å². The minimum absolute atomic E-state index is 0.330. The number of halogens is 2. The molecule has 38 heavy (non-hydrogen) atoms. The fraction of sp³-hybridized carbons (Fsp3) is 0.200. The zero-order valence-corrected chi connectivity index (χ0v) is 22.6. The highest BCUT2D eigenvalue weighted by molar-refractivity contribution is 6.17. The lowest BCUT2D eigenvalue weighted by atomic mass is 9.86. The Morgan fingerprint density at radius 1 is 0.737 bits per heavy atom. The standard InChI is InChI=1S/C30H28Cl2N2O4/c1-37-30(38-2)18-26(23-6-4-3-5-7-23)16-17-29(30,33-27(35)24-12-8-21(19-31)9-13-24)34-28(36)25-14-10-22(20-32)11-15-25/h3-18H,19-20H2,1-2H3,(H,33,35)(H,34,36). The maximum atomic E-state index is 13.5. The Kier molecular flexibility index (Phi) is 8.69. The SMILES string of the molecule is COC1(OC)C=C(c2ccccc2)C=CC1(NC(=O)c1ccc(CCl)cc1)NC(=O)c1ccc(CCl)cc1. The van der Waals surface area contributed by atoms with Crippen molar-refractivity contribution in [2.75, 3.05) is 14.2 Å². The number of methoxy groups -OCH3 is 2. The quantitative estimate of drug-likeness (QED) is 0.266. The van der Waals surface area contributed by atoms with Crippen molar-refractivity contribution >= 4 is 40.6 Å². The van der Waals surface area contributed by atoms with Crippen molar-refractivity contribution < 1.29 is 19.1 Å². The molecule has 2 N–H and O–H groups in total. The molecule has 196 valence electrons. The predicted molar refractivity (Wildman–Crippen MR) is 150 cm³/mol. The second-order valence-corrected chi connectivity index (χ2v) is 9.29. The topological polar surface area (TPSA) is 76.7 Å². The third kappa shape index (κ3) is 5.54. The Balaban J connectivity index is 1.77. The summed E-state index contributed by atoms with van der Waals surface area (Å²) in [4.78, 5) is 27.0. The van der Waals surface area contributed by atoms with Crippen molar-refractivity contribution in [3.8, 4) is 0 Å². The molecule has 6 nitrogen and oxygen atoms in total. The zero-order chi connectivity index (χ0) is 27.2. The number of ether oxygens (including phenoxy) is 2. The maximum Gasteiger partial charge on any atom is 0.253 e. The van der Waals surface area contributed by atoms with Crippen molar-refractivity contribution in [1.82, 2.24) is 10.6 Å². The molecule has 0 spiro atoms. The van der Waals surface area contributed by atoms with Gasteiger partial charge in [-0.2, -0.15) is 0 Å². The average Bonchev–Trinajstić information content (AvgIpc) is 2.98. The monoisotopic (exact) mass is 550 g/mol. The van der Waals surface area contributed by atoms with E-state index in [1.165, 1.54) is 14.2 Å². The summed E-state index contributed by atoms with van der Waals surface area (Å²) < 4.78 is 11.9. The van der Waals surface area contributed by atoms with Gasteiger partial charge in [0, 0.05) is 37.1 Å². The normalized spacial score (nSPS) is 15.4. The van der Waals surface area contributed by atoms with E-state index in [2.05, 4.69) is 10.6 Å². The molecule has 0 radical (unpaired) electrons. The summed E-state index contributed by atoms with van der Waals surface area (Å²) >= 11 is 11.8. The number of nitrogens with one attached hydrogen (secondary N) is 2. The molecule has 1 aliphatic carbocycles. The van der Waals surface area contributed by atoms with Gasteiger partial charge in [0.2, 0.25) is 5.79 Å². The van der Waals surface area contributed by atoms with E-state index in [4.69, 9.17) is 32.7 Å². The van der Waals surface area contributed by atoms with E-state index >= 15 is 0 Å². The van der Waals surface area contributed by atoms with Gasteiger partial charge in [-0.25, -0.2) is 0 Å². The van der Waals surface area contributed by atoms with Gasteiger partial charge in [0.15, 0.2) is 5.66 Å². The van der Waals surface area contributed by atoms with Crippen LogP contribution in [0.5, 0.6) is 0 Å². The number of carbonyl (C=O) groups is 2. The fourth-order valence-corrected chi connectivity index (χ4v) is 4.67. The van der Waals surface area contributed by atoms with Crippen molar-refractivity contribution in [3.05, 3.63) is 125 Å². The summed E-state index contributed by atoms with van der Waals surface area (Å²) in [5, 5.41) is 5.94. The largest absolute Gasteiger partial charge is 0.346 e. The number of carbonyl (C=O) groups excluding carboxylic acids is 2. The van der Waals surface area contributed by atoms with Crippen LogP contribution in [0.4, 0.5) is 0 Å². The first-order chi connectivity index (χ1) is 18.4. The van der Waals surface area contributed by atoms with E-state index < -0.39 is 23.3 Å². The molecule has 3 aromatic carbocycles. The van der Waals surface area contributed by atoms with Gasteiger partial charge in [0.25, 0.3) is 11.8 Å². The summed E-state index contributed by atoms with van der Waals surface area (Å²) in [6.07, 6.45) is 5.24. The van der Waals surface area contributed by atoms with Crippen LogP contribution in [0.15, 0.2) is 97.1 Å². The third-order valence-corrected chi connectivity index (χ3v) is 7.10. The highest BCUT2D eigenvalue weighted by Crippen LogP contribution is 2.37. The number of hydrogen-bond acceptors (Lipinski definition) is 4. The molecular formula is C30H28Cl2N2O4. The van der Waals surface area contributed by atoms with Gasteiger partial charge in [-0.15, -0.1) is 23.2 Å². The number of rotatable bonds is 9. The summed E-state index contributed by atoms with van der Waals surface area (Å²) in [5.74, 6) is -1.82. The summed E-state index contributed by atoms with van der Waals surface area (Å²) in [6.45, 7) is 0. The Bertz CT molecular complexity index is 1270. The predicted octanol–water partition coefficient (Wildman–Crippen LogP) is 5.66. The number of alkyl halides is 2. The molecule has 0 bridgehead atoms. The Hall–Kier alpha value is -3.42. The van der Waals surface area contributed by atoms with Gasteiger partial charge in [0.1, 0.15) is 0 Å². The number of benzene rings is 3. The van der Waals surface area contributed by atoms with Crippen molar-refractivity contribution in [2.24, 2.45) is 0 Å². The highest BCUT2D eigenvalue weighted by atomic mass is 35.5. The van der Waals surface area contributed by atoms with Gasteiger partial charge >= 0.3 is 0 Å².